The molecule has 1 aliphatic carbocycles. The van der Waals surface area contributed by atoms with Crippen LogP contribution in [0.5, 0.6) is 0 Å². The number of unbranched alkanes of at least 4 members (excludes halogenated alkanes) is 4. The lowest BCUT2D eigenvalue weighted by atomic mass is 9.95. The zero-order valence-electron chi connectivity index (χ0n) is 17.6. The Labute approximate surface area is 171 Å². The third-order valence-corrected chi connectivity index (χ3v) is 8.06. The van der Waals surface area contributed by atoms with Crippen LogP contribution in [0.1, 0.15) is 94.0 Å². The molecule has 0 saturated heterocycles. The lowest BCUT2D eigenvalue weighted by molar-refractivity contribution is 0.0927. The summed E-state index contributed by atoms with van der Waals surface area (Å²) in [5, 5.41) is 2.90. The zero-order chi connectivity index (χ0) is 20.4. The monoisotopic (exact) mass is 407 g/mol. The molecule has 1 fully saturated rings. The predicted molar refractivity (Wildman–Crippen MR) is 116 cm³/mol. The molecule has 0 atom stereocenters. The predicted octanol–water partition coefficient (Wildman–Crippen LogP) is 5.07. The average molecular weight is 408 g/mol. The highest BCUT2D eigenvalue weighted by Gasteiger charge is 2.16. The molecule has 5 heteroatoms. The fraction of sp³-hybridized carbons (Fsp3) is 0.696. The molecule has 1 aromatic carbocycles. The number of carbonyl (C=O) groups excluding carboxylic acids is 1. The summed E-state index contributed by atoms with van der Waals surface area (Å²) in [6.07, 6.45) is 12.0. The van der Waals surface area contributed by atoms with E-state index in [2.05, 4.69) is 17.4 Å². The van der Waals surface area contributed by atoms with Crippen LogP contribution in [0.25, 0.3) is 0 Å². The smallest absolute Gasteiger partial charge is 0.251 e. The summed E-state index contributed by atoms with van der Waals surface area (Å²) >= 11 is 0. The molecule has 0 heterocycles. The van der Waals surface area contributed by atoms with Gasteiger partial charge in [0.05, 0.1) is 11.0 Å². The Balaban J connectivity index is 1.61. The third kappa shape index (κ3) is 7.94. The van der Waals surface area contributed by atoms with E-state index in [0.717, 1.165) is 56.9 Å². The molecule has 0 spiro atoms. The molecule has 2 rings (SSSR count). The van der Waals surface area contributed by atoms with Gasteiger partial charge in [0, 0.05) is 11.6 Å². The van der Waals surface area contributed by atoms with Gasteiger partial charge < -0.3 is 5.32 Å². The van der Waals surface area contributed by atoms with Gasteiger partial charge in [-0.2, -0.15) is 0 Å². The summed E-state index contributed by atoms with van der Waals surface area (Å²) in [7, 11) is -2.89. The number of sulfone groups is 1. The quantitative estimate of drug-likeness (QED) is 0.521. The van der Waals surface area contributed by atoms with Crippen LogP contribution in [0.15, 0.2) is 24.3 Å². The second kappa shape index (κ2) is 11.6. The van der Waals surface area contributed by atoms with Crippen LogP contribution in [-0.4, -0.2) is 31.4 Å². The van der Waals surface area contributed by atoms with Crippen LogP contribution in [0.3, 0.4) is 0 Å². The second-order valence-corrected chi connectivity index (χ2v) is 11.1. The normalized spacial score (nSPS) is 15.7. The number of amides is 1. The van der Waals surface area contributed by atoms with Crippen molar-refractivity contribution >= 4 is 15.7 Å². The summed E-state index contributed by atoms with van der Waals surface area (Å²) in [6.45, 7) is 3.50. The average Bonchev–Trinajstić information content (AvgIpc) is 2.68. The fourth-order valence-electron chi connectivity index (χ4n) is 3.74. The molecular weight excluding hydrogens is 370 g/mol. The van der Waals surface area contributed by atoms with Crippen molar-refractivity contribution < 1.29 is 13.2 Å². The Morgan fingerprint density at radius 3 is 2.21 bits per heavy atom. The van der Waals surface area contributed by atoms with Crippen LogP contribution in [-0.2, 0) is 16.3 Å². The molecular formula is C23H37NO3S. The first-order chi connectivity index (χ1) is 13.4. The number of carbonyl (C=O) groups is 1. The molecule has 0 aromatic heterocycles. The molecule has 0 aliphatic heterocycles. The molecule has 1 aliphatic rings. The van der Waals surface area contributed by atoms with Crippen molar-refractivity contribution in [2.24, 2.45) is 0 Å². The van der Waals surface area contributed by atoms with E-state index in [1.807, 2.05) is 12.1 Å². The first kappa shape index (κ1) is 22.9. The maximum atomic E-state index is 12.3. The van der Waals surface area contributed by atoms with Gasteiger partial charge in [-0.1, -0.05) is 50.7 Å². The van der Waals surface area contributed by atoms with Crippen LogP contribution in [0.2, 0.25) is 0 Å². The summed E-state index contributed by atoms with van der Waals surface area (Å²) in [5.74, 6) is 0.365. The minimum Gasteiger partial charge on any atom is -0.349 e. The van der Waals surface area contributed by atoms with E-state index >= 15 is 0 Å². The summed E-state index contributed by atoms with van der Waals surface area (Å²) < 4.78 is 23.5. The molecule has 1 N–H and O–H groups in total. The Hall–Kier alpha value is -1.36. The zero-order valence-corrected chi connectivity index (χ0v) is 18.4. The summed E-state index contributed by atoms with van der Waals surface area (Å²) in [5.41, 5.74) is 2.01. The largest absolute Gasteiger partial charge is 0.349 e. The Morgan fingerprint density at radius 1 is 0.964 bits per heavy atom. The number of rotatable bonds is 11. The van der Waals surface area contributed by atoms with Gasteiger partial charge >= 0.3 is 0 Å². The topological polar surface area (TPSA) is 63.2 Å². The lowest BCUT2D eigenvalue weighted by Crippen LogP contribution is -2.36. The number of hydrogen-bond acceptors (Lipinski definition) is 3. The highest BCUT2D eigenvalue weighted by atomic mass is 32.2. The number of nitrogens with one attached hydrogen (secondary N) is 1. The molecule has 158 valence electrons. The Morgan fingerprint density at radius 2 is 1.57 bits per heavy atom. The van der Waals surface area contributed by atoms with Gasteiger partial charge in [0.2, 0.25) is 0 Å². The van der Waals surface area contributed by atoms with Gasteiger partial charge in [0.25, 0.3) is 5.91 Å². The molecule has 28 heavy (non-hydrogen) atoms. The van der Waals surface area contributed by atoms with E-state index in [1.54, 1.807) is 13.8 Å². The second-order valence-electron chi connectivity index (χ2n) is 8.44. The lowest BCUT2D eigenvalue weighted by Gasteiger charge is -2.22. The van der Waals surface area contributed by atoms with E-state index in [9.17, 15) is 13.2 Å². The minimum atomic E-state index is -2.89. The van der Waals surface area contributed by atoms with Gasteiger partial charge in [0.1, 0.15) is 0 Å². The minimum absolute atomic E-state index is 0.0507. The first-order valence-electron chi connectivity index (χ1n) is 11.0. The number of aryl methyl sites for hydroxylation is 1. The number of benzene rings is 1. The maximum absolute atomic E-state index is 12.3. The molecule has 1 amide bonds. The summed E-state index contributed by atoms with van der Waals surface area (Å²) in [6, 6.07) is 8.33. The molecule has 4 nitrogen and oxygen atoms in total. The first-order valence-corrected chi connectivity index (χ1v) is 12.7. The van der Waals surface area contributed by atoms with Crippen molar-refractivity contribution in [3.63, 3.8) is 0 Å². The van der Waals surface area contributed by atoms with E-state index in [0.29, 0.717) is 11.8 Å². The Kier molecular flexibility index (Phi) is 9.49. The highest BCUT2D eigenvalue weighted by molar-refractivity contribution is 7.91. The highest BCUT2D eigenvalue weighted by Crippen LogP contribution is 2.18. The molecule has 1 saturated carbocycles. The summed E-state index contributed by atoms with van der Waals surface area (Å²) in [4.78, 5) is 12.3. The van der Waals surface area contributed by atoms with Crippen molar-refractivity contribution in [3.05, 3.63) is 35.4 Å². The molecule has 1 aromatic rings. The van der Waals surface area contributed by atoms with E-state index in [1.165, 1.54) is 24.8 Å². The van der Waals surface area contributed by atoms with Crippen LogP contribution in [0, 0.1) is 0 Å². The van der Waals surface area contributed by atoms with Gasteiger partial charge in [-0.3, -0.25) is 4.79 Å². The maximum Gasteiger partial charge on any atom is 0.251 e. The van der Waals surface area contributed by atoms with Crippen molar-refractivity contribution in [2.45, 2.75) is 95.8 Å². The van der Waals surface area contributed by atoms with Gasteiger partial charge in [-0.25, -0.2) is 8.42 Å². The van der Waals surface area contributed by atoms with Crippen LogP contribution < -0.4 is 5.32 Å². The van der Waals surface area contributed by atoms with Crippen LogP contribution >= 0.6 is 0 Å². The number of hydrogen-bond donors (Lipinski definition) is 1. The van der Waals surface area contributed by atoms with E-state index in [4.69, 9.17) is 0 Å². The van der Waals surface area contributed by atoms with Crippen molar-refractivity contribution in [2.75, 3.05) is 5.75 Å². The molecule has 0 unspecified atom stereocenters. The third-order valence-electron chi connectivity index (χ3n) is 5.77. The van der Waals surface area contributed by atoms with E-state index < -0.39 is 9.84 Å². The standard InChI is InChI=1S/C23H37NO3S/c1-19(2)28(26,27)18-10-5-3-4-7-11-20-14-16-21(17-15-20)23(25)24-22-12-8-6-9-13-22/h14-17,19,22H,3-13,18H2,1-2H3,(H,24,25). The molecule has 0 bridgehead atoms. The SMILES string of the molecule is CC(C)S(=O)(=O)CCCCCCCc1ccc(C(=O)NC2CCCCC2)cc1. The van der Waals surface area contributed by atoms with Crippen LogP contribution in [0.4, 0.5) is 0 Å². The van der Waals surface area contributed by atoms with Crippen molar-refractivity contribution in [3.8, 4) is 0 Å². The molecule has 0 radical (unpaired) electrons. The van der Waals surface area contributed by atoms with Crippen molar-refractivity contribution in [1.82, 2.24) is 5.32 Å². The van der Waals surface area contributed by atoms with Gasteiger partial charge in [0.15, 0.2) is 9.84 Å². The van der Waals surface area contributed by atoms with Gasteiger partial charge in [-0.05, 0) is 63.6 Å². The fourth-order valence-corrected chi connectivity index (χ4v) is 4.81. The Bertz CT molecular complexity index is 689. The van der Waals surface area contributed by atoms with Gasteiger partial charge in [-0.15, -0.1) is 0 Å². The van der Waals surface area contributed by atoms with Crippen molar-refractivity contribution in [1.29, 1.82) is 0 Å². The van der Waals surface area contributed by atoms with E-state index in [-0.39, 0.29) is 11.2 Å².